The highest BCUT2D eigenvalue weighted by molar-refractivity contribution is 5.94. The van der Waals surface area contributed by atoms with E-state index >= 15 is 0 Å². The molecule has 1 aliphatic heterocycles. The maximum absolute atomic E-state index is 11.4. The number of aliphatic hydroxyl groups is 1. The lowest BCUT2D eigenvalue weighted by Crippen LogP contribution is -2.45. The predicted molar refractivity (Wildman–Crippen MR) is 55.5 cm³/mol. The lowest BCUT2D eigenvalue weighted by Gasteiger charge is -2.15. The Morgan fingerprint density at radius 2 is 2.00 bits per heavy atom. The fourth-order valence-corrected chi connectivity index (χ4v) is 1.47. The standard InChI is InChI=1S/C9H15N3O6/c1-3(10)8(15)18-9(16)6(11)4-2-5(13)12(17)7(4)14/h3-6,13,17H,2,10-11H2,1H3/t3-,4+,5+,6-/m0/s1. The summed E-state index contributed by atoms with van der Waals surface area (Å²) in [5, 5.41) is 18.4. The van der Waals surface area contributed by atoms with Crippen molar-refractivity contribution in [3.63, 3.8) is 0 Å². The van der Waals surface area contributed by atoms with Gasteiger partial charge < -0.3 is 21.3 Å². The van der Waals surface area contributed by atoms with Gasteiger partial charge in [0.05, 0.1) is 5.92 Å². The molecule has 1 rings (SSSR count). The molecule has 0 aliphatic carbocycles. The highest BCUT2D eigenvalue weighted by Crippen LogP contribution is 2.24. The van der Waals surface area contributed by atoms with Gasteiger partial charge in [-0.1, -0.05) is 0 Å². The van der Waals surface area contributed by atoms with Crippen LogP contribution >= 0.6 is 0 Å². The number of hydrogen-bond acceptors (Lipinski definition) is 8. The first-order valence-electron chi connectivity index (χ1n) is 5.22. The van der Waals surface area contributed by atoms with E-state index in [-0.39, 0.29) is 11.5 Å². The van der Waals surface area contributed by atoms with E-state index in [1.54, 1.807) is 0 Å². The highest BCUT2D eigenvalue weighted by Gasteiger charge is 2.44. The molecule has 0 aromatic heterocycles. The Bertz CT molecular complexity index is 371. The first-order chi connectivity index (χ1) is 8.25. The van der Waals surface area contributed by atoms with Gasteiger partial charge in [0.2, 0.25) is 0 Å². The molecule has 0 aromatic carbocycles. The number of nitrogens with zero attached hydrogens (tertiary/aromatic N) is 1. The van der Waals surface area contributed by atoms with Gasteiger partial charge in [0.15, 0.2) is 6.23 Å². The van der Waals surface area contributed by atoms with Gasteiger partial charge in [-0.3, -0.25) is 10.0 Å². The van der Waals surface area contributed by atoms with Crippen molar-refractivity contribution < 1.29 is 29.4 Å². The Labute approximate surface area is 102 Å². The van der Waals surface area contributed by atoms with Crippen molar-refractivity contribution in [2.24, 2.45) is 17.4 Å². The number of ether oxygens (including phenoxy) is 1. The Morgan fingerprint density at radius 3 is 2.39 bits per heavy atom. The van der Waals surface area contributed by atoms with E-state index in [0.29, 0.717) is 0 Å². The van der Waals surface area contributed by atoms with E-state index in [0.717, 1.165) is 0 Å². The molecule has 4 atom stereocenters. The van der Waals surface area contributed by atoms with Crippen LogP contribution in [0.5, 0.6) is 0 Å². The Kier molecular flexibility index (Phi) is 4.35. The van der Waals surface area contributed by atoms with Crippen molar-refractivity contribution in [1.82, 2.24) is 5.06 Å². The summed E-state index contributed by atoms with van der Waals surface area (Å²) in [6.45, 7) is 1.32. The van der Waals surface area contributed by atoms with E-state index in [4.69, 9.17) is 16.7 Å². The molecule has 0 unspecified atom stereocenters. The highest BCUT2D eigenvalue weighted by atomic mass is 16.6. The van der Waals surface area contributed by atoms with Gasteiger partial charge in [-0.05, 0) is 6.92 Å². The molecule has 9 heteroatoms. The van der Waals surface area contributed by atoms with Gasteiger partial charge in [0.25, 0.3) is 5.91 Å². The average Bonchev–Trinajstić information content (AvgIpc) is 2.55. The number of hydroxylamine groups is 2. The second kappa shape index (κ2) is 5.40. The fourth-order valence-electron chi connectivity index (χ4n) is 1.47. The summed E-state index contributed by atoms with van der Waals surface area (Å²) in [4.78, 5) is 33.9. The molecule has 1 saturated heterocycles. The molecule has 9 nitrogen and oxygen atoms in total. The molecule has 1 aliphatic rings. The topological polar surface area (TPSA) is 156 Å². The number of aliphatic hydroxyl groups excluding tert-OH is 1. The van der Waals surface area contributed by atoms with Gasteiger partial charge in [-0.25, -0.2) is 9.59 Å². The second-order valence-corrected chi connectivity index (χ2v) is 4.06. The van der Waals surface area contributed by atoms with Crippen LogP contribution in [0.2, 0.25) is 0 Å². The number of amides is 1. The van der Waals surface area contributed by atoms with Gasteiger partial charge in [-0.2, -0.15) is 5.06 Å². The summed E-state index contributed by atoms with van der Waals surface area (Å²) in [6.07, 6.45) is -1.65. The van der Waals surface area contributed by atoms with Crippen molar-refractivity contribution in [2.45, 2.75) is 31.7 Å². The molecule has 0 aromatic rings. The molecule has 6 N–H and O–H groups in total. The Morgan fingerprint density at radius 1 is 1.44 bits per heavy atom. The summed E-state index contributed by atoms with van der Waals surface area (Å²) in [5.74, 6) is -4.14. The first kappa shape index (κ1) is 14.5. The number of rotatable bonds is 3. The van der Waals surface area contributed by atoms with Gasteiger partial charge in [0.1, 0.15) is 12.1 Å². The van der Waals surface area contributed by atoms with Crippen LogP contribution in [0.15, 0.2) is 0 Å². The largest absolute Gasteiger partial charge is 0.391 e. The third-order valence-corrected chi connectivity index (χ3v) is 2.57. The third kappa shape index (κ3) is 2.82. The van der Waals surface area contributed by atoms with Crippen LogP contribution in [0, 0.1) is 5.92 Å². The van der Waals surface area contributed by atoms with Crippen molar-refractivity contribution in [3.05, 3.63) is 0 Å². The molecule has 0 radical (unpaired) electrons. The van der Waals surface area contributed by atoms with E-state index < -0.39 is 42.1 Å². The molecule has 0 bridgehead atoms. The molecular weight excluding hydrogens is 246 g/mol. The lowest BCUT2D eigenvalue weighted by molar-refractivity contribution is -0.191. The zero-order valence-corrected chi connectivity index (χ0v) is 9.65. The van der Waals surface area contributed by atoms with Crippen LogP contribution in [0.25, 0.3) is 0 Å². The summed E-state index contributed by atoms with van der Waals surface area (Å²) in [7, 11) is 0. The lowest BCUT2D eigenvalue weighted by atomic mass is 9.99. The molecule has 0 spiro atoms. The van der Waals surface area contributed by atoms with Gasteiger partial charge in [0, 0.05) is 6.42 Å². The fraction of sp³-hybridized carbons (Fsp3) is 0.667. The van der Waals surface area contributed by atoms with Crippen molar-refractivity contribution in [2.75, 3.05) is 0 Å². The zero-order valence-electron chi connectivity index (χ0n) is 9.65. The van der Waals surface area contributed by atoms with Crippen LogP contribution in [-0.2, 0) is 19.1 Å². The summed E-state index contributed by atoms with van der Waals surface area (Å²) >= 11 is 0. The maximum atomic E-state index is 11.4. The normalized spacial score (nSPS) is 26.9. The van der Waals surface area contributed by atoms with E-state index in [2.05, 4.69) is 4.74 Å². The number of carbonyl (C=O) groups is 3. The van der Waals surface area contributed by atoms with Crippen LogP contribution in [0.4, 0.5) is 0 Å². The minimum atomic E-state index is -1.45. The van der Waals surface area contributed by atoms with Crippen LogP contribution in [-0.4, -0.2) is 51.5 Å². The van der Waals surface area contributed by atoms with Crippen molar-refractivity contribution >= 4 is 17.8 Å². The number of hydrogen-bond donors (Lipinski definition) is 4. The zero-order chi connectivity index (χ0) is 14.0. The third-order valence-electron chi connectivity index (χ3n) is 2.57. The first-order valence-corrected chi connectivity index (χ1v) is 5.22. The van der Waals surface area contributed by atoms with Crippen molar-refractivity contribution in [3.8, 4) is 0 Å². The predicted octanol–water partition coefficient (Wildman–Crippen LogP) is -2.71. The second-order valence-electron chi connectivity index (χ2n) is 4.06. The van der Waals surface area contributed by atoms with E-state index in [9.17, 15) is 19.5 Å². The molecule has 1 amide bonds. The molecule has 0 saturated carbocycles. The average molecular weight is 261 g/mol. The van der Waals surface area contributed by atoms with Crippen LogP contribution in [0.3, 0.4) is 0 Å². The summed E-state index contributed by atoms with van der Waals surface area (Å²) in [5.41, 5.74) is 10.6. The molecule has 18 heavy (non-hydrogen) atoms. The number of carbonyl (C=O) groups excluding carboxylic acids is 3. The Hall–Kier alpha value is -1.55. The Balaban J connectivity index is 2.65. The summed E-state index contributed by atoms with van der Waals surface area (Å²) in [6, 6.07) is -2.45. The van der Waals surface area contributed by atoms with Crippen LogP contribution < -0.4 is 11.5 Å². The van der Waals surface area contributed by atoms with E-state index in [1.807, 2.05) is 0 Å². The molecular formula is C9H15N3O6. The number of nitrogens with two attached hydrogens (primary N) is 2. The molecule has 102 valence electrons. The quantitative estimate of drug-likeness (QED) is 0.242. The SMILES string of the molecule is C[C@H](N)C(=O)OC(=O)[C@@H](N)[C@H]1C[C@@H](O)N(O)C1=O. The van der Waals surface area contributed by atoms with Crippen LogP contribution in [0.1, 0.15) is 13.3 Å². The van der Waals surface area contributed by atoms with Crippen molar-refractivity contribution in [1.29, 1.82) is 0 Å². The van der Waals surface area contributed by atoms with Gasteiger partial charge in [-0.15, -0.1) is 0 Å². The minimum Gasteiger partial charge on any atom is -0.391 e. The minimum absolute atomic E-state index is 0.0885. The molecule has 1 fully saturated rings. The summed E-state index contributed by atoms with van der Waals surface area (Å²) < 4.78 is 4.34. The van der Waals surface area contributed by atoms with Gasteiger partial charge >= 0.3 is 11.9 Å². The number of esters is 2. The monoisotopic (exact) mass is 261 g/mol. The maximum Gasteiger partial charge on any atom is 0.331 e. The van der Waals surface area contributed by atoms with E-state index in [1.165, 1.54) is 6.92 Å². The molecule has 1 heterocycles. The smallest absolute Gasteiger partial charge is 0.331 e.